The standard InChI is InChI=1S/C20H17BrN2O3/c1-2-26-17-6-4-3-5-16(17)22-20(25)15-11-23-8-7-12-9-13(21)10-14(18(12)23)19(15)24/h3-6,9-11H,2,7-8H2,1H3,(H,22,25). The van der Waals surface area contributed by atoms with Gasteiger partial charge >= 0.3 is 0 Å². The fraction of sp³-hybridized carbons (Fsp3) is 0.200. The zero-order chi connectivity index (χ0) is 18.3. The molecular weight excluding hydrogens is 396 g/mol. The van der Waals surface area contributed by atoms with Crippen molar-refractivity contribution in [2.45, 2.75) is 19.9 Å². The van der Waals surface area contributed by atoms with E-state index in [1.54, 1.807) is 24.4 Å². The summed E-state index contributed by atoms with van der Waals surface area (Å²) in [5, 5.41) is 3.38. The van der Waals surface area contributed by atoms with E-state index in [1.807, 2.05) is 29.7 Å². The van der Waals surface area contributed by atoms with Gasteiger partial charge in [-0.25, -0.2) is 0 Å². The molecule has 4 rings (SSSR count). The molecule has 1 aromatic heterocycles. The molecule has 1 aliphatic heterocycles. The van der Waals surface area contributed by atoms with Crippen LogP contribution >= 0.6 is 15.9 Å². The van der Waals surface area contributed by atoms with Crippen LogP contribution in [-0.2, 0) is 13.0 Å². The van der Waals surface area contributed by atoms with Crippen LogP contribution in [0.5, 0.6) is 5.75 Å². The number of rotatable bonds is 4. The molecular formula is C20H17BrN2O3. The summed E-state index contributed by atoms with van der Waals surface area (Å²) < 4.78 is 8.38. The Morgan fingerprint density at radius 3 is 2.92 bits per heavy atom. The first-order valence-corrected chi connectivity index (χ1v) is 9.26. The van der Waals surface area contributed by atoms with Crippen molar-refractivity contribution < 1.29 is 9.53 Å². The summed E-state index contributed by atoms with van der Waals surface area (Å²) in [4.78, 5) is 25.7. The van der Waals surface area contributed by atoms with Crippen LogP contribution in [0.15, 0.2) is 51.9 Å². The van der Waals surface area contributed by atoms with Gasteiger partial charge in [-0.15, -0.1) is 0 Å². The van der Waals surface area contributed by atoms with Crippen molar-refractivity contribution >= 4 is 38.4 Å². The number of amides is 1. The zero-order valence-corrected chi connectivity index (χ0v) is 15.8. The van der Waals surface area contributed by atoms with Gasteiger partial charge in [0.2, 0.25) is 5.43 Å². The number of hydrogen-bond donors (Lipinski definition) is 1. The number of nitrogens with one attached hydrogen (secondary N) is 1. The van der Waals surface area contributed by atoms with E-state index in [1.165, 1.54) is 0 Å². The maximum Gasteiger partial charge on any atom is 0.261 e. The van der Waals surface area contributed by atoms with E-state index in [0.717, 1.165) is 28.5 Å². The van der Waals surface area contributed by atoms with Crippen molar-refractivity contribution in [2.24, 2.45) is 0 Å². The van der Waals surface area contributed by atoms with E-state index < -0.39 is 5.91 Å². The summed E-state index contributed by atoms with van der Waals surface area (Å²) in [6.45, 7) is 3.14. The second-order valence-corrected chi connectivity index (χ2v) is 7.08. The number of carbonyl (C=O) groups is 1. The van der Waals surface area contributed by atoms with Gasteiger partial charge < -0.3 is 14.6 Å². The second kappa shape index (κ2) is 6.61. The molecule has 26 heavy (non-hydrogen) atoms. The number of halogens is 1. The summed E-state index contributed by atoms with van der Waals surface area (Å²) in [6.07, 6.45) is 2.52. The summed E-state index contributed by atoms with van der Waals surface area (Å²) in [6, 6.07) is 11.0. The van der Waals surface area contributed by atoms with Crippen molar-refractivity contribution in [3.05, 3.63) is 68.4 Å². The SMILES string of the molecule is CCOc1ccccc1NC(=O)c1cn2c3c(cc(Br)cc3c1=O)CC2. The minimum Gasteiger partial charge on any atom is -0.492 e. The van der Waals surface area contributed by atoms with Crippen molar-refractivity contribution in [2.75, 3.05) is 11.9 Å². The normalized spacial score (nSPS) is 12.4. The minimum absolute atomic E-state index is 0.134. The van der Waals surface area contributed by atoms with Crippen molar-refractivity contribution in [3.63, 3.8) is 0 Å². The molecule has 1 aliphatic rings. The van der Waals surface area contributed by atoms with Gasteiger partial charge in [-0.3, -0.25) is 9.59 Å². The first-order chi connectivity index (χ1) is 12.6. The fourth-order valence-corrected chi connectivity index (χ4v) is 3.91. The Hall–Kier alpha value is -2.60. The van der Waals surface area contributed by atoms with Gasteiger partial charge in [0.25, 0.3) is 5.91 Å². The predicted molar refractivity (Wildman–Crippen MR) is 105 cm³/mol. The zero-order valence-electron chi connectivity index (χ0n) is 14.2. The molecule has 0 radical (unpaired) electrons. The fourth-order valence-electron chi connectivity index (χ4n) is 3.40. The molecule has 2 heterocycles. The Morgan fingerprint density at radius 1 is 1.31 bits per heavy atom. The number of hydrogen-bond acceptors (Lipinski definition) is 3. The molecule has 0 unspecified atom stereocenters. The van der Waals surface area contributed by atoms with Gasteiger partial charge in [-0.05, 0) is 43.2 Å². The molecule has 1 N–H and O–H groups in total. The lowest BCUT2D eigenvalue weighted by molar-refractivity contribution is 0.102. The van der Waals surface area contributed by atoms with Gasteiger partial charge in [0.15, 0.2) is 0 Å². The summed E-state index contributed by atoms with van der Waals surface area (Å²) in [7, 11) is 0. The number of carbonyl (C=O) groups excluding carboxylic acids is 1. The van der Waals surface area contributed by atoms with Crippen molar-refractivity contribution in [1.82, 2.24) is 4.57 Å². The van der Waals surface area contributed by atoms with Crippen molar-refractivity contribution in [1.29, 1.82) is 0 Å². The number of aryl methyl sites for hydroxylation is 2. The van der Waals surface area contributed by atoms with Gasteiger partial charge in [-0.1, -0.05) is 28.1 Å². The number of para-hydroxylation sites is 2. The molecule has 0 fully saturated rings. The maximum absolute atomic E-state index is 12.9. The van der Waals surface area contributed by atoms with Crippen molar-refractivity contribution in [3.8, 4) is 5.75 Å². The molecule has 0 spiro atoms. The Labute approximate surface area is 158 Å². The lowest BCUT2D eigenvalue weighted by atomic mass is 10.1. The molecule has 0 atom stereocenters. The van der Waals surface area contributed by atoms with Gasteiger partial charge in [0.05, 0.1) is 17.8 Å². The lowest BCUT2D eigenvalue weighted by Gasteiger charge is -2.12. The van der Waals surface area contributed by atoms with E-state index >= 15 is 0 Å². The molecule has 1 amide bonds. The van der Waals surface area contributed by atoms with Crippen LogP contribution in [0.25, 0.3) is 10.9 Å². The third kappa shape index (κ3) is 2.80. The topological polar surface area (TPSA) is 60.3 Å². The van der Waals surface area contributed by atoms with Gasteiger partial charge in [0.1, 0.15) is 11.3 Å². The van der Waals surface area contributed by atoms with Crippen LogP contribution in [0.1, 0.15) is 22.8 Å². The highest BCUT2D eigenvalue weighted by molar-refractivity contribution is 9.10. The summed E-state index contributed by atoms with van der Waals surface area (Å²) >= 11 is 3.46. The number of aromatic nitrogens is 1. The van der Waals surface area contributed by atoms with Crippen LogP contribution in [0.2, 0.25) is 0 Å². The number of anilines is 1. The Balaban J connectivity index is 1.78. The Morgan fingerprint density at radius 2 is 2.12 bits per heavy atom. The molecule has 6 heteroatoms. The average molecular weight is 413 g/mol. The van der Waals surface area contributed by atoms with E-state index in [2.05, 4.69) is 21.2 Å². The van der Waals surface area contributed by atoms with Gasteiger partial charge in [0, 0.05) is 22.6 Å². The molecule has 3 aromatic rings. The summed E-state index contributed by atoms with van der Waals surface area (Å²) in [5.41, 5.74) is 2.47. The molecule has 132 valence electrons. The molecule has 2 aromatic carbocycles. The van der Waals surface area contributed by atoms with Crippen LogP contribution in [0, 0.1) is 0 Å². The van der Waals surface area contributed by atoms with E-state index in [4.69, 9.17) is 4.74 Å². The molecule has 5 nitrogen and oxygen atoms in total. The number of benzene rings is 2. The highest BCUT2D eigenvalue weighted by Crippen LogP contribution is 2.29. The number of ether oxygens (including phenoxy) is 1. The number of pyridine rings is 1. The van der Waals surface area contributed by atoms with E-state index in [-0.39, 0.29) is 11.0 Å². The predicted octanol–water partition coefficient (Wildman–Crippen LogP) is 3.97. The van der Waals surface area contributed by atoms with Crippen LogP contribution in [-0.4, -0.2) is 17.1 Å². The van der Waals surface area contributed by atoms with Crippen LogP contribution in [0.3, 0.4) is 0 Å². The highest BCUT2D eigenvalue weighted by Gasteiger charge is 2.21. The maximum atomic E-state index is 12.9. The minimum atomic E-state index is -0.429. The monoisotopic (exact) mass is 412 g/mol. The Kier molecular flexibility index (Phi) is 4.28. The highest BCUT2D eigenvalue weighted by atomic mass is 79.9. The van der Waals surface area contributed by atoms with E-state index in [9.17, 15) is 9.59 Å². The largest absolute Gasteiger partial charge is 0.492 e. The number of nitrogens with zero attached hydrogens (tertiary/aromatic N) is 1. The first kappa shape index (κ1) is 16.8. The molecule has 0 saturated heterocycles. The Bertz CT molecular complexity index is 1090. The van der Waals surface area contributed by atoms with Crippen LogP contribution in [0.4, 0.5) is 5.69 Å². The van der Waals surface area contributed by atoms with Gasteiger partial charge in [-0.2, -0.15) is 0 Å². The third-order valence-electron chi connectivity index (χ3n) is 4.52. The van der Waals surface area contributed by atoms with Crippen LogP contribution < -0.4 is 15.5 Å². The second-order valence-electron chi connectivity index (χ2n) is 6.16. The third-order valence-corrected chi connectivity index (χ3v) is 4.97. The lowest BCUT2D eigenvalue weighted by Crippen LogP contribution is -2.23. The molecule has 0 saturated carbocycles. The molecule has 0 aliphatic carbocycles. The van der Waals surface area contributed by atoms with E-state index in [0.29, 0.717) is 23.4 Å². The quantitative estimate of drug-likeness (QED) is 0.704. The first-order valence-electron chi connectivity index (χ1n) is 8.47. The average Bonchev–Trinajstić information content (AvgIpc) is 3.02. The molecule has 0 bridgehead atoms. The summed E-state index contributed by atoms with van der Waals surface area (Å²) in [5.74, 6) is 0.153. The smallest absolute Gasteiger partial charge is 0.261 e.